The number of carbonyl (C=O) groups excluding carboxylic acids is 2. The van der Waals surface area contributed by atoms with Gasteiger partial charge < -0.3 is 9.73 Å². The highest BCUT2D eigenvalue weighted by atomic mass is 35.5. The molecule has 1 aromatic heterocycles. The maximum atomic E-state index is 12.4. The van der Waals surface area contributed by atoms with Gasteiger partial charge in [-0.2, -0.15) is 0 Å². The van der Waals surface area contributed by atoms with Crippen LogP contribution < -0.4 is 5.32 Å². The van der Waals surface area contributed by atoms with Gasteiger partial charge in [-0.05, 0) is 48.5 Å². The molecule has 0 saturated carbocycles. The van der Waals surface area contributed by atoms with E-state index in [1.54, 1.807) is 48.5 Å². The van der Waals surface area contributed by atoms with Crippen LogP contribution in [-0.2, 0) is 4.79 Å². The molecule has 1 amide bonds. The van der Waals surface area contributed by atoms with Gasteiger partial charge in [-0.1, -0.05) is 44.1 Å². The smallest absolute Gasteiger partial charge is 0.277 e. The number of benzene rings is 2. The lowest BCUT2D eigenvalue weighted by Gasteiger charge is -2.17. The highest BCUT2D eigenvalue weighted by Crippen LogP contribution is 2.25. The summed E-state index contributed by atoms with van der Waals surface area (Å²) < 4.78 is 5.59. The first-order valence-electron chi connectivity index (χ1n) is 8.89. The van der Waals surface area contributed by atoms with Gasteiger partial charge in [0.2, 0.25) is 11.8 Å². The lowest BCUT2D eigenvalue weighted by molar-refractivity contribution is -0.123. The monoisotopic (exact) mass is 429 g/mol. The highest BCUT2D eigenvalue weighted by molar-refractivity contribution is 7.99. The van der Waals surface area contributed by atoms with Crippen molar-refractivity contribution in [3.63, 3.8) is 0 Å². The SMILES string of the molecule is CC(C)(C)C(=O)Nc1ccc(C(=O)CSc2nnc(-c3ccc(Cl)cc3)o2)cc1. The Kier molecular flexibility index (Phi) is 6.39. The predicted octanol–water partition coefficient (Wildman–Crippen LogP) is 5.35. The van der Waals surface area contributed by atoms with Gasteiger partial charge in [0.05, 0.1) is 5.75 Å². The standard InChI is InChI=1S/C21H20ClN3O3S/c1-21(2,3)19(27)23-16-10-6-13(7-11-16)17(26)12-29-20-25-24-18(28-20)14-4-8-15(22)9-5-14/h4-11H,12H2,1-3H3,(H,23,27). The van der Waals surface area contributed by atoms with Gasteiger partial charge >= 0.3 is 0 Å². The zero-order valence-corrected chi connectivity index (χ0v) is 17.8. The quantitative estimate of drug-likeness (QED) is 0.420. The largest absolute Gasteiger partial charge is 0.411 e. The summed E-state index contributed by atoms with van der Waals surface area (Å²) in [6, 6.07) is 13.9. The first-order chi connectivity index (χ1) is 13.7. The Morgan fingerprint density at radius 2 is 1.69 bits per heavy atom. The minimum Gasteiger partial charge on any atom is -0.411 e. The third-order valence-corrected chi connectivity index (χ3v) is 5.04. The van der Waals surface area contributed by atoms with E-state index in [1.165, 1.54) is 11.8 Å². The Hall–Kier alpha value is -2.64. The second-order valence-corrected chi connectivity index (χ2v) is 8.74. The first kappa shape index (κ1) is 21.1. The molecule has 0 saturated heterocycles. The summed E-state index contributed by atoms with van der Waals surface area (Å²) >= 11 is 7.05. The van der Waals surface area contributed by atoms with Crippen LogP contribution in [0.5, 0.6) is 0 Å². The van der Waals surface area contributed by atoms with Crippen LogP contribution in [0.1, 0.15) is 31.1 Å². The van der Waals surface area contributed by atoms with Crippen molar-refractivity contribution in [1.29, 1.82) is 0 Å². The van der Waals surface area contributed by atoms with E-state index in [0.29, 0.717) is 27.4 Å². The van der Waals surface area contributed by atoms with Crippen molar-refractivity contribution in [2.75, 3.05) is 11.1 Å². The number of hydrogen-bond acceptors (Lipinski definition) is 6. The number of aromatic nitrogens is 2. The molecule has 0 fully saturated rings. The Bertz CT molecular complexity index is 1010. The fourth-order valence-electron chi connectivity index (χ4n) is 2.25. The van der Waals surface area contributed by atoms with Crippen molar-refractivity contribution in [2.45, 2.75) is 26.0 Å². The number of amides is 1. The number of thioether (sulfide) groups is 1. The molecule has 0 aliphatic rings. The van der Waals surface area contributed by atoms with Crippen molar-refractivity contribution in [3.05, 3.63) is 59.1 Å². The molecule has 0 atom stereocenters. The summed E-state index contributed by atoms with van der Waals surface area (Å²) in [6.07, 6.45) is 0. The number of halogens is 1. The number of Topliss-reactive ketones (excluding diaryl/α,β-unsaturated/α-hetero) is 1. The van der Waals surface area contributed by atoms with Gasteiger partial charge in [0.15, 0.2) is 5.78 Å². The molecule has 2 aromatic carbocycles. The second-order valence-electron chi connectivity index (χ2n) is 7.37. The molecule has 3 aromatic rings. The van der Waals surface area contributed by atoms with Crippen LogP contribution in [0.4, 0.5) is 5.69 Å². The number of carbonyl (C=O) groups is 2. The molecule has 29 heavy (non-hydrogen) atoms. The van der Waals surface area contributed by atoms with Crippen molar-refractivity contribution in [2.24, 2.45) is 5.41 Å². The second kappa shape index (κ2) is 8.80. The maximum absolute atomic E-state index is 12.4. The van der Waals surface area contributed by atoms with E-state index in [0.717, 1.165) is 5.56 Å². The van der Waals surface area contributed by atoms with Crippen LogP contribution in [0, 0.1) is 5.41 Å². The zero-order valence-electron chi connectivity index (χ0n) is 16.2. The van der Waals surface area contributed by atoms with E-state index in [9.17, 15) is 9.59 Å². The molecule has 0 bridgehead atoms. The number of anilines is 1. The Labute approximate surface area is 178 Å². The summed E-state index contributed by atoms with van der Waals surface area (Å²) in [4.78, 5) is 24.4. The van der Waals surface area contributed by atoms with Gasteiger partial charge in [-0.3, -0.25) is 9.59 Å². The summed E-state index contributed by atoms with van der Waals surface area (Å²) in [7, 11) is 0. The minimum absolute atomic E-state index is 0.0741. The van der Waals surface area contributed by atoms with Crippen LogP contribution in [0.3, 0.4) is 0 Å². The molecule has 3 rings (SSSR count). The van der Waals surface area contributed by atoms with Crippen LogP contribution >= 0.6 is 23.4 Å². The van der Waals surface area contributed by atoms with E-state index >= 15 is 0 Å². The van der Waals surface area contributed by atoms with Crippen LogP contribution in [0.25, 0.3) is 11.5 Å². The molecular weight excluding hydrogens is 410 g/mol. The fourth-order valence-corrected chi connectivity index (χ4v) is 3.03. The van der Waals surface area contributed by atoms with Crippen LogP contribution in [0.2, 0.25) is 5.02 Å². The summed E-state index contributed by atoms with van der Waals surface area (Å²) in [5.41, 5.74) is 1.47. The molecule has 6 nitrogen and oxygen atoms in total. The number of nitrogens with zero attached hydrogens (tertiary/aromatic N) is 2. The molecule has 150 valence electrons. The zero-order chi connectivity index (χ0) is 21.0. The van der Waals surface area contributed by atoms with Gasteiger partial charge in [0.25, 0.3) is 5.22 Å². The number of ketones is 1. The summed E-state index contributed by atoms with van der Waals surface area (Å²) in [5.74, 6) is 0.376. The number of hydrogen-bond donors (Lipinski definition) is 1. The van der Waals surface area contributed by atoms with Gasteiger partial charge in [0.1, 0.15) is 0 Å². The average Bonchev–Trinajstić information content (AvgIpc) is 3.15. The highest BCUT2D eigenvalue weighted by Gasteiger charge is 2.21. The summed E-state index contributed by atoms with van der Waals surface area (Å²) in [6.45, 7) is 5.52. The van der Waals surface area contributed by atoms with Gasteiger partial charge in [-0.15, -0.1) is 10.2 Å². The Morgan fingerprint density at radius 1 is 1.03 bits per heavy atom. The molecule has 1 N–H and O–H groups in total. The summed E-state index contributed by atoms with van der Waals surface area (Å²) in [5, 5.41) is 11.7. The first-order valence-corrected chi connectivity index (χ1v) is 10.3. The van der Waals surface area contributed by atoms with Gasteiger partial charge in [0, 0.05) is 27.3 Å². The number of rotatable bonds is 6. The number of nitrogens with one attached hydrogen (secondary N) is 1. The van der Waals surface area contributed by atoms with Gasteiger partial charge in [-0.25, -0.2) is 0 Å². The van der Waals surface area contributed by atoms with Crippen molar-refractivity contribution in [1.82, 2.24) is 10.2 Å². The molecule has 1 heterocycles. The van der Waals surface area contributed by atoms with E-state index in [2.05, 4.69) is 15.5 Å². The third-order valence-electron chi connectivity index (χ3n) is 3.97. The van der Waals surface area contributed by atoms with Crippen molar-refractivity contribution in [3.8, 4) is 11.5 Å². The molecule has 0 radical (unpaired) electrons. The molecule has 0 aliphatic carbocycles. The van der Waals surface area contributed by atoms with Crippen LogP contribution in [0.15, 0.2) is 58.2 Å². The van der Waals surface area contributed by atoms with E-state index < -0.39 is 5.41 Å². The lowest BCUT2D eigenvalue weighted by Crippen LogP contribution is -2.27. The normalized spacial score (nSPS) is 11.3. The lowest BCUT2D eigenvalue weighted by atomic mass is 9.95. The van der Waals surface area contributed by atoms with E-state index in [4.69, 9.17) is 16.0 Å². The van der Waals surface area contributed by atoms with Crippen molar-refractivity contribution >= 4 is 40.7 Å². The molecule has 8 heteroatoms. The molecule has 0 unspecified atom stereocenters. The predicted molar refractivity (Wildman–Crippen MR) is 114 cm³/mol. The van der Waals surface area contributed by atoms with Crippen molar-refractivity contribution < 1.29 is 14.0 Å². The topological polar surface area (TPSA) is 85.1 Å². The third kappa shape index (κ3) is 5.68. The average molecular weight is 430 g/mol. The Balaban J connectivity index is 1.57. The molecule has 0 aliphatic heterocycles. The Morgan fingerprint density at radius 3 is 2.31 bits per heavy atom. The van der Waals surface area contributed by atoms with E-state index in [1.807, 2.05) is 20.8 Å². The molecule has 0 spiro atoms. The van der Waals surface area contributed by atoms with Crippen LogP contribution in [-0.4, -0.2) is 27.6 Å². The fraction of sp³-hybridized carbons (Fsp3) is 0.238. The maximum Gasteiger partial charge on any atom is 0.277 e. The molecular formula is C21H20ClN3O3S. The van der Waals surface area contributed by atoms with E-state index in [-0.39, 0.29) is 17.4 Å². The minimum atomic E-state index is -0.486.